The number of fused-ring (bicyclic) bond motifs is 1. The number of nitroso groups, excluding NO2 is 1. The van der Waals surface area contributed by atoms with Crippen molar-refractivity contribution in [1.29, 1.82) is 0 Å². The third kappa shape index (κ3) is 2.19. The van der Waals surface area contributed by atoms with E-state index in [4.69, 9.17) is 9.47 Å². The standard InChI is InChI=1S/C15H15NO4/c17-14(16-18)9-15(6-2-1-3-7-15)11-4-5-12-13(8-11)20-10-19-12/h1-2,4-5,8H,3,6-7,9-10H2. The maximum absolute atomic E-state index is 11.5. The normalized spacial score (nSPS) is 23.6. The zero-order chi connectivity index (χ0) is 14.0. The average molecular weight is 273 g/mol. The van der Waals surface area contributed by atoms with E-state index in [-0.39, 0.29) is 18.6 Å². The van der Waals surface area contributed by atoms with Gasteiger partial charge in [0.2, 0.25) is 6.79 Å². The van der Waals surface area contributed by atoms with Gasteiger partial charge in [-0.15, -0.1) is 4.91 Å². The molecule has 5 heteroatoms. The lowest BCUT2D eigenvalue weighted by Gasteiger charge is -2.34. The van der Waals surface area contributed by atoms with Crippen LogP contribution in [0.4, 0.5) is 0 Å². The first-order valence-corrected chi connectivity index (χ1v) is 6.65. The first-order valence-electron chi connectivity index (χ1n) is 6.65. The third-order valence-electron chi connectivity index (χ3n) is 4.04. The molecule has 1 amide bonds. The van der Waals surface area contributed by atoms with Crippen LogP contribution in [0.1, 0.15) is 31.2 Å². The Morgan fingerprint density at radius 1 is 1.25 bits per heavy atom. The maximum Gasteiger partial charge on any atom is 0.287 e. The summed E-state index contributed by atoms with van der Waals surface area (Å²) >= 11 is 0. The van der Waals surface area contributed by atoms with Crippen LogP contribution in [0.2, 0.25) is 0 Å². The van der Waals surface area contributed by atoms with E-state index in [1.54, 1.807) is 0 Å². The highest BCUT2D eigenvalue weighted by Crippen LogP contribution is 2.43. The Kier molecular flexibility index (Phi) is 3.26. The molecule has 0 saturated heterocycles. The van der Waals surface area contributed by atoms with Gasteiger partial charge in [0.05, 0.1) is 0 Å². The Bertz CT molecular complexity index is 581. The minimum absolute atomic E-state index is 0.139. The van der Waals surface area contributed by atoms with Crippen LogP contribution in [-0.2, 0) is 10.2 Å². The molecule has 1 aromatic rings. The van der Waals surface area contributed by atoms with E-state index >= 15 is 0 Å². The van der Waals surface area contributed by atoms with E-state index in [2.05, 4.69) is 17.3 Å². The van der Waals surface area contributed by atoms with Crippen molar-refractivity contribution < 1.29 is 14.3 Å². The number of carbonyl (C=O) groups is 1. The molecule has 0 spiro atoms. The van der Waals surface area contributed by atoms with E-state index in [1.165, 1.54) is 0 Å². The van der Waals surface area contributed by atoms with Crippen molar-refractivity contribution in [2.24, 2.45) is 5.18 Å². The van der Waals surface area contributed by atoms with E-state index in [9.17, 15) is 9.70 Å². The lowest BCUT2D eigenvalue weighted by molar-refractivity contribution is -0.119. The van der Waals surface area contributed by atoms with Gasteiger partial charge in [0, 0.05) is 17.0 Å². The lowest BCUT2D eigenvalue weighted by atomic mass is 9.69. The number of allylic oxidation sites excluding steroid dienone is 2. The van der Waals surface area contributed by atoms with Gasteiger partial charge >= 0.3 is 0 Å². The highest BCUT2D eigenvalue weighted by Gasteiger charge is 2.36. The molecule has 2 aliphatic rings. The van der Waals surface area contributed by atoms with Crippen LogP contribution in [0, 0.1) is 4.91 Å². The Hall–Kier alpha value is -2.17. The SMILES string of the molecule is O=NC(=O)CC1(c2ccc3c(c2)OCO3)CC=CCC1. The van der Waals surface area contributed by atoms with E-state index in [0.717, 1.165) is 30.6 Å². The molecule has 1 aliphatic carbocycles. The Morgan fingerprint density at radius 3 is 2.85 bits per heavy atom. The second-order valence-electron chi connectivity index (χ2n) is 5.22. The van der Waals surface area contributed by atoms with Crippen LogP contribution >= 0.6 is 0 Å². The topological polar surface area (TPSA) is 65.0 Å². The molecule has 104 valence electrons. The zero-order valence-corrected chi connectivity index (χ0v) is 11.0. The molecule has 1 heterocycles. The largest absolute Gasteiger partial charge is 0.454 e. The second kappa shape index (κ2) is 5.07. The number of benzene rings is 1. The number of hydrogen-bond donors (Lipinski definition) is 0. The average Bonchev–Trinajstić information content (AvgIpc) is 2.95. The van der Waals surface area contributed by atoms with Crippen LogP contribution in [0.3, 0.4) is 0 Å². The van der Waals surface area contributed by atoms with Gasteiger partial charge in [-0.05, 0) is 37.0 Å². The van der Waals surface area contributed by atoms with Gasteiger partial charge in [0.1, 0.15) is 0 Å². The highest BCUT2D eigenvalue weighted by molar-refractivity contribution is 5.78. The van der Waals surface area contributed by atoms with Crippen molar-refractivity contribution in [3.63, 3.8) is 0 Å². The number of amides is 1. The molecule has 0 bridgehead atoms. The predicted octanol–water partition coefficient (Wildman–Crippen LogP) is 3.08. The molecule has 0 N–H and O–H groups in total. The van der Waals surface area contributed by atoms with Crippen molar-refractivity contribution in [1.82, 2.24) is 0 Å². The van der Waals surface area contributed by atoms with Crippen molar-refractivity contribution in [3.05, 3.63) is 40.8 Å². The Labute approximate surface area is 116 Å². The molecule has 0 radical (unpaired) electrons. The number of nitrogens with zero attached hydrogens (tertiary/aromatic N) is 1. The van der Waals surface area contributed by atoms with Crippen LogP contribution in [0.25, 0.3) is 0 Å². The first kappa shape index (κ1) is 12.8. The third-order valence-corrected chi connectivity index (χ3v) is 4.04. The fourth-order valence-electron chi connectivity index (χ4n) is 2.96. The van der Waals surface area contributed by atoms with Crippen LogP contribution < -0.4 is 9.47 Å². The molecule has 20 heavy (non-hydrogen) atoms. The van der Waals surface area contributed by atoms with Crippen LogP contribution in [0.5, 0.6) is 11.5 Å². The molecule has 0 fully saturated rings. The summed E-state index contributed by atoms with van der Waals surface area (Å²) in [6, 6.07) is 5.72. The minimum atomic E-state index is -0.599. The van der Waals surface area contributed by atoms with Gasteiger partial charge in [0.15, 0.2) is 11.5 Å². The fourth-order valence-corrected chi connectivity index (χ4v) is 2.96. The zero-order valence-electron chi connectivity index (χ0n) is 11.0. The van der Waals surface area contributed by atoms with Crippen molar-refractivity contribution >= 4 is 5.91 Å². The van der Waals surface area contributed by atoms with E-state index in [1.807, 2.05) is 18.2 Å². The summed E-state index contributed by atoms with van der Waals surface area (Å²) < 4.78 is 10.7. The Balaban J connectivity index is 1.98. The highest BCUT2D eigenvalue weighted by atomic mass is 16.7. The summed E-state index contributed by atoms with van der Waals surface area (Å²) in [7, 11) is 0. The number of hydrogen-bond acceptors (Lipinski definition) is 4. The first-order chi connectivity index (χ1) is 9.73. The molecular formula is C15H15NO4. The molecule has 0 saturated carbocycles. The van der Waals surface area contributed by atoms with Gasteiger partial charge in [0.25, 0.3) is 5.91 Å². The summed E-state index contributed by atoms with van der Waals surface area (Å²) in [4.78, 5) is 22.0. The summed E-state index contributed by atoms with van der Waals surface area (Å²) in [6.45, 7) is 0.223. The number of rotatable bonds is 3. The minimum Gasteiger partial charge on any atom is -0.454 e. The molecule has 1 aliphatic heterocycles. The van der Waals surface area contributed by atoms with E-state index < -0.39 is 5.91 Å². The van der Waals surface area contributed by atoms with Gasteiger partial charge < -0.3 is 9.47 Å². The molecule has 1 aromatic carbocycles. The predicted molar refractivity (Wildman–Crippen MR) is 72.7 cm³/mol. The van der Waals surface area contributed by atoms with Gasteiger partial charge in [-0.25, -0.2) is 0 Å². The van der Waals surface area contributed by atoms with Crippen molar-refractivity contribution in [3.8, 4) is 11.5 Å². The number of carbonyl (C=O) groups excluding carboxylic acids is 1. The summed E-state index contributed by atoms with van der Waals surface area (Å²) in [6.07, 6.45) is 6.75. The maximum atomic E-state index is 11.5. The van der Waals surface area contributed by atoms with Crippen molar-refractivity contribution in [2.45, 2.75) is 31.1 Å². The molecule has 3 rings (SSSR count). The van der Waals surface area contributed by atoms with E-state index in [0.29, 0.717) is 5.75 Å². The quantitative estimate of drug-likeness (QED) is 0.627. The fraction of sp³-hybridized carbons (Fsp3) is 0.400. The van der Waals surface area contributed by atoms with Crippen molar-refractivity contribution in [2.75, 3.05) is 6.79 Å². The molecular weight excluding hydrogens is 258 g/mol. The smallest absolute Gasteiger partial charge is 0.287 e. The van der Waals surface area contributed by atoms with Gasteiger partial charge in [-0.2, -0.15) is 0 Å². The summed E-state index contributed by atoms with van der Waals surface area (Å²) in [5.74, 6) is 0.816. The Morgan fingerprint density at radius 2 is 2.10 bits per heavy atom. The molecule has 5 nitrogen and oxygen atoms in total. The summed E-state index contributed by atoms with van der Waals surface area (Å²) in [5.41, 5.74) is 0.642. The number of ether oxygens (including phenoxy) is 2. The summed E-state index contributed by atoms with van der Waals surface area (Å²) in [5, 5.41) is 2.56. The van der Waals surface area contributed by atoms with Crippen LogP contribution in [0.15, 0.2) is 35.5 Å². The molecule has 1 atom stereocenters. The monoisotopic (exact) mass is 273 g/mol. The van der Waals surface area contributed by atoms with Gasteiger partial charge in [-0.3, -0.25) is 4.79 Å². The molecule has 0 aromatic heterocycles. The second-order valence-corrected chi connectivity index (χ2v) is 5.22. The van der Waals surface area contributed by atoms with Gasteiger partial charge in [-0.1, -0.05) is 18.2 Å². The lowest BCUT2D eigenvalue weighted by Crippen LogP contribution is -2.30. The van der Waals surface area contributed by atoms with Crippen LogP contribution in [-0.4, -0.2) is 12.7 Å². The molecule has 1 unspecified atom stereocenters.